The minimum Gasteiger partial charge on any atom is -0.303 e. The molecule has 3 atom stereocenters. The summed E-state index contributed by atoms with van der Waals surface area (Å²) in [5.74, 6) is 1.02. The third kappa shape index (κ3) is 1.67. The van der Waals surface area contributed by atoms with E-state index in [1.54, 1.807) is 0 Å². The van der Waals surface area contributed by atoms with Gasteiger partial charge in [-0.1, -0.05) is 6.92 Å². The molecule has 0 radical (unpaired) electrons. The van der Waals surface area contributed by atoms with Crippen LogP contribution in [-0.2, 0) is 9.59 Å². The topological polar surface area (TPSA) is 34.1 Å². The van der Waals surface area contributed by atoms with E-state index in [0.717, 1.165) is 25.4 Å². The van der Waals surface area contributed by atoms with Gasteiger partial charge in [-0.25, -0.2) is 0 Å². The summed E-state index contributed by atoms with van der Waals surface area (Å²) in [5, 5.41) is 0. The van der Waals surface area contributed by atoms with Crippen LogP contribution in [0.3, 0.4) is 0 Å². The highest BCUT2D eigenvalue weighted by molar-refractivity contribution is 5.57. The van der Waals surface area contributed by atoms with Crippen LogP contribution in [0.25, 0.3) is 0 Å². The maximum absolute atomic E-state index is 10.5. The van der Waals surface area contributed by atoms with Gasteiger partial charge in [-0.3, -0.25) is 0 Å². The molecule has 2 heteroatoms. The minimum atomic E-state index is 0.148. The number of rotatable bonds is 3. The molecule has 0 bridgehead atoms. The summed E-state index contributed by atoms with van der Waals surface area (Å²) in [4.78, 5) is 20.8. The van der Waals surface area contributed by atoms with Gasteiger partial charge in [0.15, 0.2) is 0 Å². The standard InChI is InChI=1S/C9H14O2/c1-7-2-3-8(6-11)9(7)4-5-10/h5-9H,2-4H2,1H3/t7-,8-,9+/m0/s1. The van der Waals surface area contributed by atoms with E-state index in [1.807, 2.05) is 0 Å². The average molecular weight is 154 g/mol. The third-order valence-electron chi connectivity index (χ3n) is 2.78. The van der Waals surface area contributed by atoms with Crippen LogP contribution in [0.5, 0.6) is 0 Å². The molecule has 1 rings (SSSR count). The molecule has 0 amide bonds. The van der Waals surface area contributed by atoms with Crippen molar-refractivity contribution in [1.29, 1.82) is 0 Å². The smallest absolute Gasteiger partial charge is 0.123 e. The molecule has 11 heavy (non-hydrogen) atoms. The van der Waals surface area contributed by atoms with Crippen molar-refractivity contribution in [1.82, 2.24) is 0 Å². The summed E-state index contributed by atoms with van der Waals surface area (Å²) >= 11 is 0. The van der Waals surface area contributed by atoms with E-state index >= 15 is 0 Å². The maximum atomic E-state index is 10.5. The lowest BCUT2D eigenvalue weighted by atomic mass is 9.89. The van der Waals surface area contributed by atoms with Crippen molar-refractivity contribution in [3.05, 3.63) is 0 Å². The van der Waals surface area contributed by atoms with Gasteiger partial charge in [-0.05, 0) is 24.7 Å². The quantitative estimate of drug-likeness (QED) is 0.576. The lowest BCUT2D eigenvalue weighted by Crippen LogP contribution is -2.14. The molecule has 0 N–H and O–H groups in total. The Balaban J connectivity index is 2.54. The van der Waals surface area contributed by atoms with Crippen molar-refractivity contribution in [3.63, 3.8) is 0 Å². The van der Waals surface area contributed by atoms with Crippen molar-refractivity contribution in [2.24, 2.45) is 17.8 Å². The molecule has 1 aliphatic rings. The summed E-state index contributed by atoms with van der Waals surface area (Å²) in [5.41, 5.74) is 0. The average Bonchev–Trinajstić information content (AvgIpc) is 2.34. The SMILES string of the molecule is C[C@H]1CC[C@@H](C=O)[C@@H]1CC=O. The Hall–Kier alpha value is -0.660. The molecule has 0 aromatic carbocycles. The van der Waals surface area contributed by atoms with Gasteiger partial charge < -0.3 is 9.59 Å². The first-order valence-corrected chi connectivity index (χ1v) is 4.18. The Labute approximate surface area is 67.0 Å². The van der Waals surface area contributed by atoms with Gasteiger partial charge in [0.25, 0.3) is 0 Å². The highest BCUT2D eigenvalue weighted by atomic mass is 16.1. The molecule has 0 unspecified atom stereocenters. The Morgan fingerprint density at radius 3 is 2.64 bits per heavy atom. The fraction of sp³-hybridized carbons (Fsp3) is 0.778. The number of hydrogen-bond donors (Lipinski definition) is 0. The van der Waals surface area contributed by atoms with Gasteiger partial charge in [0.05, 0.1) is 0 Å². The fourth-order valence-corrected chi connectivity index (χ4v) is 1.99. The molecule has 0 spiro atoms. The van der Waals surface area contributed by atoms with E-state index in [9.17, 15) is 9.59 Å². The van der Waals surface area contributed by atoms with Crippen molar-refractivity contribution in [3.8, 4) is 0 Å². The third-order valence-corrected chi connectivity index (χ3v) is 2.78. The molecule has 0 saturated heterocycles. The first kappa shape index (κ1) is 8.44. The van der Waals surface area contributed by atoms with Crippen LogP contribution in [0.2, 0.25) is 0 Å². The van der Waals surface area contributed by atoms with E-state index in [0.29, 0.717) is 18.3 Å². The molecule has 0 heterocycles. The van der Waals surface area contributed by atoms with Gasteiger partial charge in [0.1, 0.15) is 12.6 Å². The summed E-state index contributed by atoms with van der Waals surface area (Å²) in [7, 11) is 0. The van der Waals surface area contributed by atoms with E-state index in [4.69, 9.17) is 0 Å². The first-order valence-electron chi connectivity index (χ1n) is 4.18. The van der Waals surface area contributed by atoms with Crippen LogP contribution in [0.1, 0.15) is 26.2 Å². The largest absolute Gasteiger partial charge is 0.303 e. The van der Waals surface area contributed by atoms with Crippen LogP contribution < -0.4 is 0 Å². The van der Waals surface area contributed by atoms with Crippen LogP contribution in [0, 0.1) is 17.8 Å². The monoisotopic (exact) mass is 154 g/mol. The summed E-state index contributed by atoms with van der Waals surface area (Å²) in [6.07, 6.45) is 4.58. The minimum absolute atomic E-state index is 0.148. The molecule has 0 aromatic heterocycles. The molecular formula is C9H14O2. The van der Waals surface area contributed by atoms with E-state index < -0.39 is 0 Å². The van der Waals surface area contributed by atoms with Gasteiger partial charge in [0, 0.05) is 12.3 Å². The number of hydrogen-bond acceptors (Lipinski definition) is 2. The molecule has 2 nitrogen and oxygen atoms in total. The zero-order valence-electron chi connectivity index (χ0n) is 6.82. The van der Waals surface area contributed by atoms with Gasteiger partial charge in [-0.2, -0.15) is 0 Å². The number of aldehydes is 2. The Kier molecular flexibility index (Phi) is 2.80. The van der Waals surface area contributed by atoms with Crippen LogP contribution >= 0.6 is 0 Å². The van der Waals surface area contributed by atoms with E-state index in [-0.39, 0.29) is 5.92 Å². The van der Waals surface area contributed by atoms with E-state index in [2.05, 4.69) is 6.92 Å². The summed E-state index contributed by atoms with van der Waals surface area (Å²) in [6, 6.07) is 0. The molecule has 1 aliphatic carbocycles. The lowest BCUT2D eigenvalue weighted by molar-refractivity contribution is -0.113. The number of carbonyl (C=O) groups excluding carboxylic acids is 2. The van der Waals surface area contributed by atoms with Crippen molar-refractivity contribution < 1.29 is 9.59 Å². The second kappa shape index (κ2) is 3.65. The molecule has 0 aliphatic heterocycles. The zero-order valence-corrected chi connectivity index (χ0v) is 6.82. The summed E-state index contributed by atoms with van der Waals surface area (Å²) < 4.78 is 0. The zero-order chi connectivity index (χ0) is 8.27. The van der Waals surface area contributed by atoms with Crippen molar-refractivity contribution in [2.75, 3.05) is 0 Å². The van der Waals surface area contributed by atoms with Gasteiger partial charge >= 0.3 is 0 Å². The van der Waals surface area contributed by atoms with Gasteiger partial charge in [0.2, 0.25) is 0 Å². The highest BCUT2D eigenvalue weighted by Crippen LogP contribution is 2.37. The van der Waals surface area contributed by atoms with Gasteiger partial charge in [-0.15, -0.1) is 0 Å². The molecule has 62 valence electrons. The molecular weight excluding hydrogens is 140 g/mol. The lowest BCUT2D eigenvalue weighted by Gasteiger charge is -2.14. The Morgan fingerprint density at radius 1 is 1.36 bits per heavy atom. The predicted molar refractivity (Wildman–Crippen MR) is 42.1 cm³/mol. The fourth-order valence-electron chi connectivity index (χ4n) is 1.99. The molecule has 1 saturated carbocycles. The molecule has 0 aromatic rings. The Morgan fingerprint density at radius 2 is 2.09 bits per heavy atom. The first-order chi connectivity index (χ1) is 5.29. The predicted octanol–water partition coefficient (Wildman–Crippen LogP) is 1.44. The second-order valence-electron chi connectivity index (χ2n) is 3.42. The highest BCUT2D eigenvalue weighted by Gasteiger charge is 2.32. The second-order valence-corrected chi connectivity index (χ2v) is 3.42. The maximum Gasteiger partial charge on any atom is 0.123 e. The van der Waals surface area contributed by atoms with Crippen LogP contribution in [0.4, 0.5) is 0 Å². The van der Waals surface area contributed by atoms with Crippen LogP contribution in [-0.4, -0.2) is 12.6 Å². The normalized spacial score (nSPS) is 37.0. The van der Waals surface area contributed by atoms with Crippen molar-refractivity contribution >= 4 is 12.6 Å². The number of carbonyl (C=O) groups is 2. The summed E-state index contributed by atoms with van der Waals surface area (Å²) in [6.45, 7) is 2.12. The van der Waals surface area contributed by atoms with Crippen molar-refractivity contribution in [2.45, 2.75) is 26.2 Å². The van der Waals surface area contributed by atoms with Crippen LogP contribution in [0.15, 0.2) is 0 Å². The Bertz CT molecular complexity index is 154. The van der Waals surface area contributed by atoms with E-state index in [1.165, 1.54) is 0 Å². The molecule has 1 fully saturated rings.